The van der Waals surface area contributed by atoms with Crippen molar-refractivity contribution in [3.63, 3.8) is 0 Å². The van der Waals surface area contributed by atoms with Gasteiger partial charge in [-0.1, -0.05) is 18.2 Å². The largest absolute Gasteiger partial charge is 0.335 e. The van der Waals surface area contributed by atoms with Gasteiger partial charge in [-0.15, -0.1) is 0 Å². The van der Waals surface area contributed by atoms with Crippen LogP contribution in [0.1, 0.15) is 29.9 Å². The van der Waals surface area contributed by atoms with E-state index in [0.29, 0.717) is 16.6 Å². The summed E-state index contributed by atoms with van der Waals surface area (Å²) in [5.74, 6) is -0.964. The van der Waals surface area contributed by atoms with E-state index in [9.17, 15) is 14.0 Å². The Morgan fingerprint density at radius 1 is 1.15 bits per heavy atom. The molecule has 0 atom stereocenters. The number of carbonyl (C=O) groups is 2. The summed E-state index contributed by atoms with van der Waals surface area (Å²) in [5.41, 5.74) is 5.52. The Morgan fingerprint density at radius 2 is 1.93 bits per heavy atom. The number of hydrazine groups is 1. The molecule has 1 aromatic carbocycles. The lowest BCUT2D eigenvalue weighted by atomic mass is 10.2. The zero-order valence-electron chi connectivity index (χ0n) is 14.9. The first-order valence-corrected chi connectivity index (χ1v) is 8.37. The van der Waals surface area contributed by atoms with E-state index in [0.717, 1.165) is 0 Å². The van der Waals surface area contributed by atoms with Gasteiger partial charge in [0.25, 0.3) is 5.91 Å². The number of fused-ring (bicyclic) bond motifs is 1. The number of pyridine rings is 1. The number of hydrogen-bond donors (Lipinski definition) is 3. The zero-order valence-corrected chi connectivity index (χ0v) is 14.9. The molecule has 3 aromatic rings. The number of urea groups is 1. The van der Waals surface area contributed by atoms with Crippen molar-refractivity contribution >= 4 is 23.0 Å². The molecule has 0 spiro atoms. The van der Waals surface area contributed by atoms with E-state index >= 15 is 0 Å². The van der Waals surface area contributed by atoms with Crippen LogP contribution in [0.3, 0.4) is 0 Å². The van der Waals surface area contributed by atoms with E-state index in [1.807, 2.05) is 0 Å². The van der Waals surface area contributed by atoms with Crippen molar-refractivity contribution in [2.75, 3.05) is 0 Å². The zero-order chi connectivity index (χ0) is 19.4. The summed E-state index contributed by atoms with van der Waals surface area (Å²) >= 11 is 0. The van der Waals surface area contributed by atoms with Gasteiger partial charge in [0.15, 0.2) is 11.3 Å². The second-order valence-electron chi connectivity index (χ2n) is 6.18. The summed E-state index contributed by atoms with van der Waals surface area (Å²) in [5, 5.41) is 7.35. The standard InChI is InChI=1S/C18H19FN6O2/c1-11(2)21-18(27)23-22-17(26)15-13-7-5-9-20-16(13)25(24-15)10-12-6-3-4-8-14(12)19/h3-9,11H,10H2,1-2H3,(H,22,26)(H2,21,23,27). The summed E-state index contributed by atoms with van der Waals surface area (Å²) in [6.07, 6.45) is 1.57. The topological polar surface area (TPSA) is 101 Å². The van der Waals surface area contributed by atoms with Crippen molar-refractivity contribution < 1.29 is 14.0 Å². The lowest BCUT2D eigenvalue weighted by Gasteiger charge is -2.10. The maximum absolute atomic E-state index is 14.0. The van der Waals surface area contributed by atoms with Crippen molar-refractivity contribution in [1.29, 1.82) is 0 Å². The van der Waals surface area contributed by atoms with Crippen LogP contribution in [0.4, 0.5) is 9.18 Å². The van der Waals surface area contributed by atoms with Crippen LogP contribution < -0.4 is 16.2 Å². The van der Waals surface area contributed by atoms with Gasteiger partial charge >= 0.3 is 6.03 Å². The predicted molar refractivity (Wildman–Crippen MR) is 97.3 cm³/mol. The van der Waals surface area contributed by atoms with Gasteiger partial charge in [-0.3, -0.25) is 10.2 Å². The number of nitrogens with one attached hydrogen (secondary N) is 3. The fraction of sp³-hybridized carbons (Fsp3) is 0.222. The molecule has 0 radical (unpaired) electrons. The monoisotopic (exact) mass is 370 g/mol. The van der Waals surface area contributed by atoms with Gasteiger partial charge in [-0.25, -0.2) is 24.3 Å². The quantitative estimate of drug-likeness (QED) is 0.611. The van der Waals surface area contributed by atoms with Crippen LogP contribution in [0.25, 0.3) is 11.0 Å². The fourth-order valence-corrected chi connectivity index (χ4v) is 2.55. The van der Waals surface area contributed by atoms with Gasteiger partial charge in [-0.05, 0) is 32.0 Å². The molecule has 3 rings (SSSR count). The molecule has 0 unspecified atom stereocenters. The van der Waals surface area contributed by atoms with Crippen LogP contribution in [0, 0.1) is 5.82 Å². The second-order valence-corrected chi connectivity index (χ2v) is 6.18. The SMILES string of the molecule is CC(C)NC(=O)NNC(=O)c1nn(Cc2ccccc2F)c2ncccc12. The Morgan fingerprint density at radius 3 is 2.67 bits per heavy atom. The van der Waals surface area contributed by atoms with Gasteiger partial charge < -0.3 is 5.32 Å². The molecule has 0 aliphatic carbocycles. The fourth-order valence-electron chi connectivity index (χ4n) is 2.55. The van der Waals surface area contributed by atoms with E-state index < -0.39 is 11.9 Å². The summed E-state index contributed by atoms with van der Waals surface area (Å²) in [6, 6.07) is 9.08. The molecule has 3 N–H and O–H groups in total. The Kier molecular flexibility index (Phi) is 5.30. The van der Waals surface area contributed by atoms with Crippen molar-refractivity contribution in [2.24, 2.45) is 0 Å². The number of hydrogen-bond acceptors (Lipinski definition) is 4. The Labute approximate surface area is 154 Å². The lowest BCUT2D eigenvalue weighted by molar-refractivity contribution is 0.0931. The molecule has 27 heavy (non-hydrogen) atoms. The third-order valence-electron chi connectivity index (χ3n) is 3.71. The number of aromatic nitrogens is 3. The smallest absolute Gasteiger partial charge is 0.333 e. The van der Waals surface area contributed by atoms with Crippen molar-refractivity contribution in [1.82, 2.24) is 30.9 Å². The summed E-state index contributed by atoms with van der Waals surface area (Å²) in [6.45, 7) is 3.71. The Bertz CT molecular complexity index is 985. The first-order valence-electron chi connectivity index (χ1n) is 8.37. The van der Waals surface area contributed by atoms with Gasteiger partial charge in [-0.2, -0.15) is 5.10 Å². The van der Waals surface area contributed by atoms with E-state index in [1.54, 1.807) is 50.4 Å². The summed E-state index contributed by atoms with van der Waals surface area (Å²) in [7, 11) is 0. The van der Waals surface area contributed by atoms with E-state index in [-0.39, 0.29) is 24.1 Å². The molecular weight excluding hydrogens is 351 g/mol. The minimum absolute atomic E-state index is 0.0769. The van der Waals surface area contributed by atoms with Gasteiger partial charge in [0.2, 0.25) is 0 Å². The third kappa shape index (κ3) is 4.20. The average molecular weight is 370 g/mol. The molecule has 140 valence electrons. The molecule has 3 amide bonds. The van der Waals surface area contributed by atoms with E-state index in [1.165, 1.54) is 10.7 Å². The molecule has 2 aromatic heterocycles. The minimum Gasteiger partial charge on any atom is -0.335 e. The van der Waals surface area contributed by atoms with Crippen LogP contribution in [-0.2, 0) is 6.54 Å². The molecular formula is C18H19FN6O2. The lowest BCUT2D eigenvalue weighted by Crippen LogP contribution is -2.48. The number of nitrogens with zero attached hydrogens (tertiary/aromatic N) is 3. The number of amides is 3. The maximum Gasteiger partial charge on any atom is 0.333 e. The predicted octanol–water partition coefficient (Wildman–Crippen LogP) is 1.97. The number of benzene rings is 1. The number of carbonyl (C=O) groups excluding carboxylic acids is 2. The molecule has 0 saturated carbocycles. The van der Waals surface area contributed by atoms with Crippen LogP contribution in [0.2, 0.25) is 0 Å². The van der Waals surface area contributed by atoms with Crippen molar-refractivity contribution in [3.05, 3.63) is 59.7 Å². The molecule has 0 aliphatic heterocycles. The number of rotatable bonds is 4. The highest BCUT2D eigenvalue weighted by Crippen LogP contribution is 2.18. The van der Waals surface area contributed by atoms with Crippen molar-refractivity contribution in [3.8, 4) is 0 Å². The Hall–Kier alpha value is -3.49. The van der Waals surface area contributed by atoms with Gasteiger partial charge in [0, 0.05) is 17.8 Å². The first-order chi connectivity index (χ1) is 13.0. The molecule has 0 bridgehead atoms. The average Bonchev–Trinajstić information content (AvgIpc) is 3.00. The first kappa shape index (κ1) is 18.3. The van der Waals surface area contributed by atoms with Gasteiger partial charge in [0.1, 0.15) is 5.82 Å². The number of halogens is 1. The second kappa shape index (κ2) is 7.81. The third-order valence-corrected chi connectivity index (χ3v) is 3.71. The highest BCUT2D eigenvalue weighted by atomic mass is 19.1. The van der Waals surface area contributed by atoms with Crippen LogP contribution >= 0.6 is 0 Å². The summed E-state index contributed by atoms with van der Waals surface area (Å²) < 4.78 is 15.4. The molecule has 9 heteroatoms. The highest BCUT2D eigenvalue weighted by molar-refractivity contribution is 6.04. The molecule has 0 aliphatic rings. The van der Waals surface area contributed by atoms with Gasteiger partial charge in [0.05, 0.1) is 11.9 Å². The molecule has 0 fully saturated rings. The Balaban J connectivity index is 1.85. The molecule has 2 heterocycles. The van der Waals surface area contributed by atoms with Crippen molar-refractivity contribution in [2.45, 2.75) is 26.4 Å². The minimum atomic E-state index is -0.598. The van der Waals surface area contributed by atoms with Crippen LogP contribution in [0.15, 0.2) is 42.6 Å². The van der Waals surface area contributed by atoms with E-state index in [2.05, 4.69) is 26.3 Å². The molecule has 0 saturated heterocycles. The molecule has 8 nitrogen and oxygen atoms in total. The maximum atomic E-state index is 14.0. The van der Waals surface area contributed by atoms with Crippen LogP contribution in [0.5, 0.6) is 0 Å². The normalized spacial score (nSPS) is 10.8. The highest BCUT2D eigenvalue weighted by Gasteiger charge is 2.19. The summed E-state index contributed by atoms with van der Waals surface area (Å²) in [4.78, 5) is 28.3. The van der Waals surface area contributed by atoms with Crippen LogP contribution in [-0.4, -0.2) is 32.7 Å². The van der Waals surface area contributed by atoms with E-state index in [4.69, 9.17) is 0 Å².